The van der Waals surface area contributed by atoms with E-state index in [9.17, 15) is 18.1 Å². The normalized spacial score (nSPS) is 12.7. The van der Waals surface area contributed by atoms with Crippen molar-refractivity contribution >= 4 is 50.9 Å². The van der Waals surface area contributed by atoms with Crippen molar-refractivity contribution in [1.29, 1.82) is 0 Å². The number of rotatable bonds is 7. The summed E-state index contributed by atoms with van der Waals surface area (Å²) in [4.78, 5) is 10.8. The molecule has 132 valence electrons. The van der Waals surface area contributed by atoms with E-state index >= 15 is 0 Å². The summed E-state index contributed by atoms with van der Waals surface area (Å²) in [6.07, 6.45) is 0. The summed E-state index contributed by atoms with van der Waals surface area (Å²) in [5.74, 6) is -0.669. The molecular formula is C14H15BrF2NO4PS. The molecule has 2 N–H and O–H groups in total. The highest BCUT2D eigenvalue weighted by Crippen LogP contribution is 2.69. The van der Waals surface area contributed by atoms with Gasteiger partial charge in [0.05, 0.1) is 13.2 Å². The van der Waals surface area contributed by atoms with E-state index < -0.39 is 24.0 Å². The van der Waals surface area contributed by atoms with Crippen molar-refractivity contribution in [3.8, 4) is 0 Å². The lowest BCUT2D eigenvalue weighted by atomic mass is 10.1. The zero-order valence-electron chi connectivity index (χ0n) is 12.8. The van der Waals surface area contributed by atoms with Crippen LogP contribution in [-0.4, -0.2) is 19.1 Å². The van der Waals surface area contributed by atoms with E-state index in [1.54, 1.807) is 0 Å². The Morgan fingerprint density at radius 1 is 1.33 bits per heavy atom. The molecule has 0 unspecified atom stereocenters. The van der Waals surface area contributed by atoms with Crippen molar-refractivity contribution in [1.82, 2.24) is 0 Å². The molecule has 0 radical (unpaired) electrons. The molecule has 1 amide bonds. The third kappa shape index (κ3) is 3.28. The topological polar surface area (TPSA) is 78.6 Å². The first-order valence-corrected chi connectivity index (χ1v) is 10.1. The van der Waals surface area contributed by atoms with Crippen LogP contribution >= 0.6 is 34.9 Å². The van der Waals surface area contributed by atoms with Gasteiger partial charge < -0.3 is 14.8 Å². The third-order valence-electron chi connectivity index (χ3n) is 3.13. The zero-order valence-corrected chi connectivity index (χ0v) is 16.1. The van der Waals surface area contributed by atoms with Gasteiger partial charge in [0, 0.05) is 20.1 Å². The van der Waals surface area contributed by atoms with Crippen LogP contribution in [0, 0.1) is 0 Å². The molecule has 0 atom stereocenters. The number of carbonyl (C=O) groups excluding carboxylic acids is 1. The Kier molecular flexibility index (Phi) is 5.82. The number of alkyl halides is 2. The summed E-state index contributed by atoms with van der Waals surface area (Å²) in [5.41, 5.74) is 1.56. The maximum atomic E-state index is 14.9. The van der Waals surface area contributed by atoms with Gasteiger partial charge in [-0.2, -0.15) is 8.78 Å². The van der Waals surface area contributed by atoms with Crippen molar-refractivity contribution in [3.05, 3.63) is 33.1 Å². The molecule has 0 aliphatic heterocycles. The molecule has 2 aromatic rings. The van der Waals surface area contributed by atoms with Crippen LogP contribution in [0.2, 0.25) is 0 Å². The Labute approximate surface area is 149 Å². The molecule has 5 nitrogen and oxygen atoms in total. The fourth-order valence-corrected chi connectivity index (χ4v) is 6.04. The maximum absolute atomic E-state index is 14.9. The highest BCUT2D eigenvalue weighted by molar-refractivity contribution is 9.10. The van der Waals surface area contributed by atoms with Gasteiger partial charge in [-0.1, -0.05) is 0 Å². The fraction of sp³-hybridized carbons (Fsp3) is 0.357. The van der Waals surface area contributed by atoms with E-state index in [0.29, 0.717) is 10.1 Å². The predicted molar refractivity (Wildman–Crippen MR) is 92.8 cm³/mol. The minimum atomic E-state index is -4.70. The Morgan fingerprint density at radius 3 is 2.42 bits per heavy atom. The summed E-state index contributed by atoms with van der Waals surface area (Å²) in [5, 5.41) is 0.380. The standard InChI is InChI=1S/C14H15BrF2NO4PS/c1-3-21-23(20,22-4-2)14(16,17)12-11(15)9-7-8(13(18)19)5-6-10(9)24-12/h5-7H,3-4H2,1-2H3,(H2,18,19). The number of amides is 1. The molecular weight excluding hydrogens is 427 g/mol. The van der Waals surface area contributed by atoms with Crippen LogP contribution in [0.5, 0.6) is 0 Å². The smallest absolute Gasteiger partial charge is 0.366 e. The third-order valence-corrected chi connectivity index (χ3v) is 7.71. The first kappa shape index (κ1) is 19.5. The lowest BCUT2D eigenvalue weighted by molar-refractivity contribution is 0.0387. The van der Waals surface area contributed by atoms with Crippen molar-refractivity contribution in [2.24, 2.45) is 5.73 Å². The second-order valence-electron chi connectivity index (χ2n) is 4.69. The lowest BCUT2D eigenvalue weighted by Gasteiger charge is -2.25. The Balaban J connectivity index is 2.63. The van der Waals surface area contributed by atoms with Gasteiger partial charge in [0.2, 0.25) is 5.91 Å². The molecule has 0 bridgehead atoms. The number of carbonyl (C=O) groups is 1. The number of thiophene rings is 1. The highest BCUT2D eigenvalue weighted by atomic mass is 79.9. The van der Waals surface area contributed by atoms with Crippen LogP contribution in [0.4, 0.5) is 8.78 Å². The van der Waals surface area contributed by atoms with Crippen molar-refractivity contribution in [2.45, 2.75) is 19.5 Å². The molecule has 1 aromatic heterocycles. The molecule has 0 aliphatic rings. The molecule has 2 rings (SSSR count). The second-order valence-corrected chi connectivity index (χ2v) is 8.61. The van der Waals surface area contributed by atoms with Gasteiger partial charge >= 0.3 is 13.3 Å². The Bertz CT molecular complexity index is 816. The molecule has 0 saturated carbocycles. The first-order valence-electron chi connectivity index (χ1n) is 6.97. The summed E-state index contributed by atoms with van der Waals surface area (Å²) in [6, 6.07) is 4.36. The van der Waals surface area contributed by atoms with Crippen LogP contribution in [0.25, 0.3) is 10.1 Å². The average Bonchev–Trinajstić information content (AvgIpc) is 2.85. The maximum Gasteiger partial charge on any atom is 0.405 e. The van der Waals surface area contributed by atoms with E-state index in [1.165, 1.54) is 32.0 Å². The van der Waals surface area contributed by atoms with Crippen molar-refractivity contribution in [2.75, 3.05) is 13.2 Å². The highest BCUT2D eigenvalue weighted by Gasteiger charge is 2.57. The number of nitrogens with two attached hydrogens (primary N) is 1. The van der Waals surface area contributed by atoms with Crippen molar-refractivity contribution < 1.29 is 27.2 Å². The molecule has 0 fully saturated rings. The van der Waals surface area contributed by atoms with Crippen LogP contribution in [-0.2, 0) is 19.3 Å². The number of benzene rings is 1. The molecule has 1 heterocycles. The SMILES string of the molecule is CCOP(=O)(OCC)C(F)(F)c1sc2ccc(C(N)=O)cc2c1Br. The summed E-state index contributed by atoms with van der Waals surface area (Å²) in [6.45, 7) is 2.56. The number of halogens is 3. The number of hydrogen-bond acceptors (Lipinski definition) is 5. The monoisotopic (exact) mass is 441 g/mol. The van der Waals surface area contributed by atoms with E-state index in [2.05, 4.69) is 15.9 Å². The largest absolute Gasteiger partial charge is 0.405 e. The molecule has 0 spiro atoms. The average molecular weight is 442 g/mol. The molecule has 0 aliphatic carbocycles. The lowest BCUT2D eigenvalue weighted by Crippen LogP contribution is -2.17. The van der Waals surface area contributed by atoms with Crippen LogP contribution in [0.15, 0.2) is 22.7 Å². The quantitative estimate of drug-likeness (QED) is 0.607. The predicted octanol–water partition coefficient (Wildman–Crippen LogP) is 5.08. The van der Waals surface area contributed by atoms with Gasteiger partial charge in [0.15, 0.2) is 0 Å². The van der Waals surface area contributed by atoms with Gasteiger partial charge in [0.1, 0.15) is 4.88 Å². The van der Waals surface area contributed by atoms with E-state index in [0.717, 1.165) is 11.3 Å². The van der Waals surface area contributed by atoms with Gasteiger partial charge in [-0.05, 0) is 48.0 Å². The number of fused-ring (bicyclic) bond motifs is 1. The van der Waals surface area contributed by atoms with Crippen molar-refractivity contribution in [3.63, 3.8) is 0 Å². The molecule has 10 heteroatoms. The van der Waals surface area contributed by atoms with E-state index in [4.69, 9.17) is 14.8 Å². The summed E-state index contributed by atoms with van der Waals surface area (Å²) < 4.78 is 52.5. The number of primary amides is 1. The fourth-order valence-electron chi connectivity index (χ4n) is 2.08. The van der Waals surface area contributed by atoms with Gasteiger partial charge in [-0.15, -0.1) is 11.3 Å². The molecule has 24 heavy (non-hydrogen) atoms. The van der Waals surface area contributed by atoms with Crippen LogP contribution in [0.3, 0.4) is 0 Å². The minimum Gasteiger partial charge on any atom is -0.366 e. The van der Waals surface area contributed by atoms with Gasteiger partial charge in [0.25, 0.3) is 0 Å². The summed E-state index contributed by atoms with van der Waals surface area (Å²) >= 11 is 3.86. The van der Waals surface area contributed by atoms with E-state index in [-0.39, 0.29) is 23.2 Å². The molecule has 0 saturated heterocycles. The van der Waals surface area contributed by atoms with Gasteiger partial charge in [-0.3, -0.25) is 9.36 Å². The minimum absolute atomic E-state index is 0.0373. The van der Waals surface area contributed by atoms with Gasteiger partial charge in [-0.25, -0.2) is 0 Å². The number of hydrogen-bond donors (Lipinski definition) is 1. The second kappa shape index (κ2) is 7.17. The summed E-state index contributed by atoms with van der Waals surface area (Å²) in [7, 11) is -4.70. The van der Waals surface area contributed by atoms with Crippen LogP contribution in [0.1, 0.15) is 29.1 Å². The Morgan fingerprint density at radius 2 is 1.92 bits per heavy atom. The molecule has 1 aromatic carbocycles. The zero-order chi connectivity index (χ0) is 18.1. The van der Waals surface area contributed by atoms with Crippen LogP contribution < -0.4 is 5.73 Å². The first-order chi connectivity index (χ1) is 11.2. The Hall–Kier alpha value is -0.860. The van der Waals surface area contributed by atoms with E-state index in [1.807, 2.05) is 0 Å².